The van der Waals surface area contributed by atoms with Crippen molar-refractivity contribution in [3.63, 3.8) is 0 Å². The third kappa shape index (κ3) is 2.36. The van der Waals surface area contributed by atoms with Gasteiger partial charge in [0.05, 0.1) is 11.4 Å². The van der Waals surface area contributed by atoms with Crippen LogP contribution in [0.15, 0.2) is 0 Å². The number of aliphatic carboxylic acids is 1. The van der Waals surface area contributed by atoms with Gasteiger partial charge in [0.15, 0.2) is 0 Å². The maximum Gasteiger partial charge on any atom is 0.329 e. The summed E-state index contributed by atoms with van der Waals surface area (Å²) in [6, 6.07) is -0.639. The molecule has 0 aliphatic heterocycles. The molecule has 96 valence electrons. The first-order chi connectivity index (χ1) is 8.43. The molecule has 2 amide bonds. The minimum Gasteiger partial charge on any atom is -0.480 e. The normalized spacial score (nSPS) is 15.9. The van der Waals surface area contributed by atoms with Gasteiger partial charge in [0.1, 0.15) is 5.54 Å². The Labute approximate surface area is 103 Å². The van der Waals surface area contributed by atoms with Gasteiger partial charge in [-0.2, -0.15) is 5.10 Å². The Hall–Kier alpha value is -2.25. The summed E-state index contributed by atoms with van der Waals surface area (Å²) >= 11 is 0. The highest BCUT2D eigenvalue weighted by Crippen LogP contribution is 2.35. The number of nitrogens with zero attached hydrogens (tertiary/aromatic N) is 3. The second-order valence-corrected chi connectivity index (χ2v) is 4.27. The number of nitrogens with one attached hydrogen (secondary N) is 2. The van der Waals surface area contributed by atoms with Gasteiger partial charge in [-0.05, 0) is 26.7 Å². The first kappa shape index (κ1) is 12.2. The fourth-order valence-corrected chi connectivity index (χ4v) is 1.38. The minimum atomic E-state index is -1.13. The Bertz CT molecular complexity index is 512. The average Bonchev–Trinajstić information content (AvgIpc) is 3.04. The molecule has 3 N–H and O–H groups in total. The van der Waals surface area contributed by atoms with Crippen molar-refractivity contribution in [2.45, 2.75) is 32.2 Å². The van der Waals surface area contributed by atoms with Crippen molar-refractivity contribution in [1.82, 2.24) is 20.5 Å². The van der Waals surface area contributed by atoms with E-state index in [0.29, 0.717) is 24.2 Å². The van der Waals surface area contributed by atoms with E-state index in [2.05, 4.69) is 25.8 Å². The van der Waals surface area contributed by atoms with Crippen LogP contribution in [0.1, 0.15) is 24.2 Å². The van der Waals surface area contributed by atoms with E-state index in [-0.39, 0.29) is 5.95 Å². The van der Waals surface area contributed by atoms with Crippen LogP contribution in [-0.4, -0.2) is 37.8 Å². The number of aromatic nitrogens is 3. The molecular formula is C10H13N5O3. The number of aryl methyl sites for hydroxylation is 2. The lowest BCUT2D eigenvalue weighted by atomic mass is 10.3. The highest BCUT2D eigenvalue weighted by molar-refractivity contribution is 5.94. The van der Waals surface area contributed by atoms with Gasteiger partial charge in [0.2, 0.25) is 0 Å². The number of hydrogen-bond acceptors (Lipinski definition) is 5. The van der Waals surface area contributed by atoms with Crippen molar-refractivity contribution < 1.29 is 14.7 Å². The van der Waals surface area contributed by atoms with Crippen molar-refractivity contribution in [2.75, 3.05) is 5.32 Å². The molecule has 1 aliphatic rings. The molecule has 0 unspecified atom stereocenters. The molecule has 0 bridgehead atoms. The monoisotopic (exact) mass is 251 g/mol. The van der Waals surface area contributed by atoms with Gasteiger partial charge in [-0.15, -0.1) is 5.10 Å². The third-order valence-electron chi connectivity index (χ3n) is 2.83. The first-order valence-corrected chi connectivity index (χ1v) is 5.43. The van der Waals surface area contributed by atoms with E-state index in [1.165, 1.54) is 0 Å². The van der Waals surface area contributed by atoms with Crippen molar-refractivity contribution in [1.29, 1.82) is 0 Å². The largest absolute Gasteiger partial charge is 0.480 e. The summed E-state index contributed by atoms with van der Waals surface area (Å²) in [5, 5.41) is 21.2. The Kier molecular flexibility index (Phi) is 2.85. The molecule has 2 rings (SSSR count). The molecular weight excluding hydrogens is 238 g/mol. The smallest absolute Gasteiger partial charge is 0.329 e. The number of carboxylic acid groups (broad SMARTS) is 1. The van der Waals surface area contributed by atoms with Crippen LogP contribution in [0.3, 0.4) is 0 Å². The number of rotatable bonds is 3. The van der Waals surface area contributed by atoms with Gasteiger partial charge in [0, 0.05) is 0 Å². The minimum absolute atomic E-state index is 0.0526. The van der Waals surface area contributed by atoms with Crippen molar-refractivity contribution in [3.8, 4) is 0 Å². The lowest BCUT2D eigenvalue weighted by molar-refractivity contribution is -0.140. The lowest BCUT2D eigenvalue weighted by Gasteiger charge is -2.12. The van der Waals surface area contributed by atoms with Crippen LogP contribution in [0, 0.1) is 13.8 Å². The summed E-state index contributed by atoms with van der Waals surface area (Å²) < 4.78 is 0. The maximum absolute atomic E-state index is 11.6. The molecule has 8 heteroatoms. The Balaban J connectivity index is 1.99. The molecule has 8 nitrogen and oxygen atoms in total. The fourth-order valence-electron chi connectivity index (χ4n) is 1.38. The molecule has 1 heterocycles. The molecule has 1 aliphatic carbocycles. The molecule has 0 aromatic carbocycles. The second kappa shape index (κ2) is 4.21. The summed E-state index contributed by atoms with van der Waals surface area (Å²) in [5.41, 5.74) is 0.196. The summed E-state index contributed by atoms with van der Waals surface area (Å²) in [4.78, 5) is 26.5. The summed E-state index contributed by atoms with van der Waals surface area (Å²) in [6.45, 7) is 3.50. The number of urea groups is 1. The highest BCUT2D eigenvalue weighted by atomic mass is 16.4. The number of anilines is 1. The van der Waals surface area contributed by atoms with Gasteiger partial charge in [-0.3, -0.25) is 5.32 Å². The van der Waals surface area contributed by atoms with Crippen LogP contribution >= 0.6 is 0 Å². The SMILES string of the molecule is Cc1nnc(NC(=O)NC2(C(=O)O)CC2)nc1C. The zero-order chi connectivity index (χ0) is 13.3. The molecule has 0 radical (unpaired) electrons. The van der Waals surface area contributed by atoms with Crippen molar-refractivity contribution >= 4 is 17.9 Å². The van der Waals surface area contributed by atoms with E-state index in [4.69, 9.17) is 5.11 Å². The summed E-state index contributed by atoms with van der Waals surface area (Å²) in [5.74, 6) is -0.978. The maximum atomic E-state index is 11.6. The molecule has 1 saturated carbocycles. The van der Waals surface area contributed by atoms with Gasteiger partial charge < -0.3 is 10.4 Å². The fraction of sp³-hybridized carbons (Fsp3) is 0.500. The van der Waals surface area contributed by atoms with E-state index < -0.39 is 17.5 Å². The molecule has 0 spiro atoms. The molecule has 18 heavy (non-hydrogen) atoms. The Morgan fingerprint density at radius 1 is 1.22 bits per heavy atom. The van der Waals surface area contributed by atoms with Gasteiger partial charge in [0.25, 0.3) is 5.95 Å². The van der Waals surface area contributed by atoms with Crippen LogP contribution < -0.4 is 10.6 Å². The number of carbonyl (C=O) groups is 2. The number of amides is 2. The van der Waals surface area contributed by atoms with Gasteiger partial charge in [-0.1, -0.05) is 0 Å². The summed E-state index contributed by atoms with van der Waals surface area (Å²) in [7, 11) is 0. The van der Waals surface area contributed by atoms with Crippen LogP contribution in [0.25, 0.3) is 0 Å². The van der Waals surface area contributed by atoms with E-state index >= 15 is 0 Å². The van der Waals surface area contributed by atoms with Gasteiger partial charge in [-0.25, -0.2) is 14.6 Å². The predicted octanol–water partition coefficient (Wildman–Crippen LogP) is 0.227. The highest BCUT2D eigenvalue weighted by Gasteiger charge is 2.51. The van der Waals surface area contributed by atoms with Crippen LogP contribution in [0.2, 0.25) is 0 Å². The Morgan fingerprint density at radius 2 is 1.89 bits per heavy atom. The van der Waals surface area contributed by atoms with Crippen LogP contribution in [0.5, 0.6) is 0 Å². The summed E-state index contributed by atoms with van der Waals surface area (Å²) in [6.07, 6.45) is 0.865. The van der Waals surface area contributed by atoms with Crippen molar-refractivity contribution in [2.24, 2.45) is 0 Å². The van der Waals surface area contributed by atoms with E-state index in [0.717, 1.165) is 0 Å². The van der Waals surface area contributed by atoms with Crippen LogP contribution in [-0.2, 0) is 4.79 Å². The zero-order valence-corrected chi connectivity index (χ0v) is 10.0. The second-order valence-electron chi connectivity index (χ2n) is 4.27. The average molecular weight is 251 g/mol. The predicted molar refractivity (Wildman–Crippen MR) is 61.1 cm³/mol. The molecule has 1 aromatic heterocycles. The standard InChI is InChI=1S/C10H13N5O3/c1-5-6(2)14-15-8(11-5)12-9(18)13-10(3-4-10)7(16)17/h3-4H2,1-2H3,(H,16,17)(H2,11,12,13,15,18). The topological polar surface area (TPSA) is 117 Å². The molecule has 1 aromatic rings. The lowest BCUT2D eigenvalue weighted by Crippen LogP contribution is -2.45. The van der Waals surface area contributed by atoms with Crippen molar-refractivity contribution in [3.05, 3.63) is 11.4 Å². The number of hydrogen-bond donors (Lipinski definition) is 3. The van der Waals surface area contributed by atoms with Gasteiger partial charge >= 0.3 is 12.0 Å². The number of carbonyl (C=O) groups excluding carboxylic acids is 1. The quantitative estimate of drug-likeness (QED) is 0.707. The molecule has 0 saturated heterocycles. The molecule has 0 atom stereocenters. The van der Waals surface area contributed by atoms with E-state index in [9.17, 15) is 9.59 Å². The Morgan fingerprint density at radius 3 is 2.39 bits per heavy atom. The zero-order valence-electron chi connectivity index (χ0n) is 10.0. The third-order valence-corrected chi connectivity index (χ3v) is 2.83. The molecule has 1 fully saturated rings. The van der Waals surface area contributed by atoms with E-state index in [1.807, 2.05) is 0 Å². The van der Waals surface area contributed by atoms with E-state index in [1.54, 1.807) is 13.8 Å². The van der Waals surface area contributed by atoms with Crippen LogP contribution in [0.4, 0.5) is 10.7 Å². The number of carboxylic acids is 1. The first-order valence-electron chi connectivity index (χ1n) is 5.43.